The van der Waals surface area contributed by atoms with E-state index in [-0.39, 0.29) is 18.4 Å². The van der Waals surface area contributed by atoms with Crippen LogP contribution in [0.3, 0.4) is 0 Å². The van der Waals surface area contributed by atoms with Gasteiger partial charge >= 0.3 is 6.03 Å². The highest BCUT2D eigenvalue weighted by Crippen LogP contribution is 2.42. The van der Waals surface area contributed by atoms with E-state index in [9.17, 15) is 14.4 Å². The van der Waals surface area contributed by atoms with Crippen LogP contribution >= 0.6 is 0 Å². The number of pyridine rings is 1. The van der Waals surface area contributed by atoms with Crippen LogP contribution in [0.1, 0.15) is 30.0 Å². The lowest BCUT2D eigenvalue weighted by Gasteiger charge is -2.15. The Morgan fingerprint density at radius 3 is 2.83 bits per heavy atom. The van der Waals surface area contributed by atoms with Gasteiger partial charge in [-0.2, -0.15) is 4.98 Å². The normalized spacial score (nSPS) is 16.1. The van der Waals surface area contributed by atoms with Gasteiger partial charge in [-0.15, -0.1) is 0 Å². The lowest BCUT2D eigenvalue weighted by molar-refractivity contribution is -0.117. The number of fused-ring (bicyclic) bond motifs is 1. The summed E-state index contributed by atoms with van der Waals surface area (Å²) in [7, 11) is 0. The molecule has 0 spiro atoms. The number of nitrogens with zero attached hydrogens (tertiary/aromatic N) is 5. The molecule has 11 nitrogen and oxygen atoms in total. The molecule has 0 unspecified atom stereocenters. The van der Waals surface area contributed by atoms with E-state index >= 15 is 0 Å². The molecule has 1 saturated carbocycles. The third-order valence-corrected chi connectivity index (χ3v) is 5.03. The van der Waals surface area contributed by atoms with E-state index in [2.05, 4.69) is 30.9 Å². The highest BCUT2D eigenvalue weighted by Gasteiger charge is 2.32. The van der Waals surface area contributed by atoms with Crippen molar-refractivity contribution in [1.29, 1.82) is 0 Å². The Kier molecular flexibility index (Phi) is 4.27. The number of anilines is 3. The second-order valence-electron chi connectivity index (χ2n) is 7.22. The number of imide groups is 1. The second-order valence-corrected chi connectivity index (χ2v) is 7.22. The van der Waals surface area contributed by atoms with E-state index in [1.165, 1.54) is 11.1 Å². The van der Waals surface area contributed by atoms with Crippen molar-refractivity contribution in [2.24, 2.45) is 0 Å². The van der Waals surface area contributed by atoms with Gasteiger partial charge in [0, 0.05) is 18.6 Å². The molecule has 0 radical (unpaired) electrons. The number of imidazole rings is 1. The van der Waals surface area contributed by atoms with Gasteiger partial charge in [0.15, 0.2) is 5.65 Å². The van der Waals surface area contributed by atoms with Gasteiger partial charge in [-0.05, 0) is 36.5 Å². The summed E-state index contributed by atoms with van der Waals surface area (Å²) in [5.74, 6) is 0.885. The van der Waals surface area contributed by atoms with Crippen molar-refractivity contribution in [3.8, 4) is 0 Å². The number of urea groups is 1. The fourth-order valence-corrected chi connectivity index (χ4v) is 3.47. The highest BCUT2D eigenvalue weighted by molar-refractivity contribution is 6.13. The van der Waals surface area contributed by atoms with Crippen LogP contribution in [-0.4, -0.2) is 44.2 Å². The number of nitrogens with one attached hydrogen (secondary N) is 3. The van der Waals surface area contributed by atoms with Crippen LogP contribution in [0.5, 0.6) is 0 Å². The molecule has 1 aliphatic carbocycles. The van der Waals surface area contributed by atoms with Crippen molar-refractivity contribution in [2.75, 3.05) is 22.1 Å². The number of hydrogen-bond acceptors (Lipinski definition) is 7. The lowest BCUT2D eigenvalue weighted by Crippen LogP contribution is -2.28. The first-order valence-corrected chi connectivity index (χ1v) is 9.50. The average molecular weight is 406 g/mol. The van der Waals surface area contributed by atoms with Crippen molar-refractivity contribution in [3.05, 3.63) is 42.0 Å². The molecule has 0 bridgehead atoms. The molecule has 5 rings (SSSR count). The monoisotopic (exact) mass is 406 g/mol. The van der Waals surface area contributed by atoms with Crippen LogP contribution in [-0.2, 0) is 16.1 Å². The molecule has 1 aliphatic heterocycles. The van der Waals surface area contributed by atoms with Gasteiger partial charge in [0.2, 0.25) is 18.3 Å². The van der Waals surface area contributed by atoms with Crippen molar-refractivity contribution >= 4 is 41.4 Å². The van der Waals surface area contributed by atoms with Gasteiger partial charge < -0.3 is 9.72 Å². The predicted octanol–water partition coefficient (Wildman–Crippen LogP) is 1.24. The maximum absolute atomic E-state index is 12.2. The van der Waals surface area contributed by atoms with Gasteiger partial charge in [-0.25, -0.2) is 14.8 Å². The maximum atomic E-state index is 12.2. The Morgan fingerprint density at radius 2 is 2.10 bits per heavy atom. The summed E-state index contributed by atoms with van der Waals surface area (Å²) >= 11 is 0. The first-order chi connectivity index (χ1) is 14.6. The quantitative estimate of drug-likeness (QED) is 0.397. The van der Waals surface area contributed by atoms with Crippen molar-refractivity contribution in [2.45, 2.75) is 25.3 Å². The second kappa shape index (κ2) is 7.10. The summed E-state index contributed by atoms with van der Waals surface area (Å²) in [5, 5.41) is 7.87. The summed E-state index contributed by atoms with van der Waals surface area (Å²) in [5.41, 5.74) is 3.08. The molecule has 1 saturated heterocycles. The molecule has 0 aromatic carbocycles. The highest BCUT2D eigenvalue weighted by atomic mass is 16.2. The Labute approximate surface area is 170 Å². The first-order valence-electron chi connectivity index (χ1n) is 9.50. The number of carbonyl (C=O) groups excluding carboxylic acids is 3. The average Bonchev–Trinajstić information content (AvgIpc) is 3.41. The molecular weight excluding hydrogens is 388 g/mol. The Morgan fingerprint density at radius 1 is 1.23 bits per heavy atom. The van der Waals surface area contributed by atoms with Crippen molar-refractivity contribution < 1.29 is 14.4 Å². The summed E-state index contributed by atoms with van der Waals surface area (Å²) in [6.45, 7) is 0.360. The van der Waals surface area contributed by atoms with Crippen LogP contribution in [0.25, 0.3) is 5.65 Å². The van der Waals surface area contributed by atoms with E-state index in [1.54, 1.807) is 6.07 Å². The zero-order valence-electron chi connectivity index (χ0n) is 15.8. The van der Waals surface area contributed by atoms with E-state index in [0.29, 0.717) is 36.0 Å². The standard InChI is InChI=1S/C19H18N8O3/c28-10-22-18-20-4-3-15(24-18)21-6-13-8-26-7-12(11-1-2-11)5-14(17(26)23-13)27-9-16(29)25-19(27)30/h3-5,7-8,10-11H,1-2,6,9H2,(H,25,29,30)(H2,20,21,22,24,28). The molecule has 4 amide bonds. The van der Waals surface area contributed by atoms with Crippen LogP contribution < -0.4 is 20.9 Å². The molecule has 11 heteroatoms. The topological polar surface area (TPSA) is 134 Å². The zero-order chi connectivity index (χ0) is 20.7. The van der Waals surface area contributed by atoms with E-state index in [0.717, 1.165) is 24.1 Å². The minimum absolute atomic E-state index is 0.0174. The summed E-state index contributed by atoms with van der Waals surface area (Å²) in [4.78, 5) is 48.7. The van der Waals surface area contributed by atoms with E-state index in [1.807, 2.05) is 22.9 Å². The number of carbonyl (C=O) groups is 3. The summed E-state index contributed by atoms with van der Waals surface area (Å²) in [6, 6.07) is 3.20. The van der Waals surface area contributed by atoms with E-state index < -0.39 is 6.03 Å². The SMILES string of the molecule is O=CNc1nccc(NCc2cn3cc(C4CC4)cc(N4CC(=O)NC4=O)c3n2)n1. The number of rotatable bonds is 7. The molecule has 0 atom stereocenters. The Hall–Kier alpha value is -4.02. The van der Waals surface area contributed by atoms with E-state index in [4.69, 9.17) is 0 Å². The number of aromatic nitrogens is 4. The zero-order valence-corrected chi connectivity index (χ0v) is 15.8. The van der Waals surface area contributed by atoms with Gasteiger partial charge in [0.05, 0.1) is 17.9 Å². The van der Waals surface area contributed by atoms with Gasteiger partial charge in [-0.1, -0.05) is 0 Å². The lowest BCUT2D eigenvalue weighted by atomic mass is 10.1. The molecular formula is C19H18N8O3. The predicted molar refractivity (Wildman–Crippen MR) is 107 cm³/mol. The summed E-state index contributed by atoms with van der Waals surface area (Å²) < 4.78 is 1.90. The largest absolute Gasteiger partial charge is 0.364 e. The molecule has 4 heterocycles. The molecule has 2 aliphatic rings. The van der Waals surface area contributed by atoms with Crippen LogP contribution in [0.2, 0.25) is 0 Å². The molecule has 3 N–H and O–H groups in total. The van der Waals surface area contributed by atoms with Crippen molar-refractivity contribution in [3.63, 3.8) is 0 Å². The van der Waals surface area contributed by atoms with Gasteiger partial charge in [0.1, 0.15) is 12.4 Å². The molecule has 152 valence electrons. The molecule has 2 fully saturated rings. The van der Waals surface area contributed by atoms with Gasteiger partial charge in [0.25, 0.3) is 0 Å². The Bertz CT molecular complexity index is 1170. The van der Waals surface area contributed by atoms with Crippen LogP contribution in [0.15, 0.2) is 30.7 Å². The maximum Gasteiger partial charge on any atom is 0.329 e. The minimum atomic E-state index is -0.436. The molecule has 3 aromatic rings. The smallest absolute Gasteiger partial charge is 0.329 e. The fourth-order valence-electron chi connectivity index (χ4n) is 3.47. The third-order valence-electron chi connectivity index (χ3n) is 5.03. The van der Waals surface area contributed by atoms with Gasteiger partial charge in [-0.3, -0.25) is 25.1 Å². The first kappa shape index (κ1) is 18.0. The molecule has 30 heavy (non-hydrogen) atoms. The number of hydrogen-bond donors (Lipinski definition) is 3. The fraction of sp³-hybridized carbons (Fsp3) is 0.263. The minimum Gasteiger partial charge on any atom is -0.364 e. The van der Waals surface area contributed by atoms with Crippen LogP contribution in [0, 0.1) is 0 Å². The Balaban J connectivity index is 1.45. The summed E-state index contributed by atoms with van der Waals surface area (Å²) in [6.07, 6.45) is 8.19. The third kappa shape index (κ3) is 3.41. The van der Waals surface area contributed by atoms with Crippen molar-refractivity contribution in [1.82, 2.24) is 24.7 Å². The number of amides is 4. The van der Waals surface area contributed by atoms with Crippen LogP contribution in [0.4, 0.5) is 22.2 Å². The molecule has 3 aromatic heterocycles.